The lowest BCUT2D eigenvalue weighted by molar-refractivity contribution is 0.00449. The van der Waals surface area contributed by atoms with Gasteiger partial charge in [-0.1, -0.05) is 43.7 Å². The van der Waals surface area contributed by atoms with Crippen LogP contribution in [-0.2, 0) is 4.74 Å². The third kappa shape index (κ3) is 2.39. The normalized spacial score (nSPS) is 30.7. The van der Waals surface area contributed by atoms with Crippen molar-refractivity contribution in [1.29, 1.82) is 0 Å². The molecule has 2 rings (SSSR count). The predicted molar refractivity (Wildman–Crippen MR) is 59.6 cm³/mol. The zero-order chi connectivity index (χ0) is 10.7. The Balaban J connectivity index is 2.03. The second-order valence-electron chi connectivity index (χ2n) is 4.17. The van der Waals surface area contributed by atoms with Crippen LogP contribution in [0.4, 0.5) is 0 Å². The van der Waals surface area contributed by atoms with Gasteiger partial charge in [0, 0.05) is 6.42 Å². The van der Waals surface area contributed by atoms with Gasteiger partial charge < -0.3 is 9.84 Å². The number of aliphatic hydroxyl groups excluding tert-OH is 1. The molecule has 1 aliphatic rings. The predicted octanol–water partition coefficient (Wildman–Crippen LogP) is 2.68. The largest absolute Gasteiger partial charge is 0.390 e. The third-order valence-corrected chi connectivity index (χ3v) is 2.97. The van der Waals surface area contributed by atoms with E-state index in [1.807, 2.05) is 18.2 Å². The van der Waals surface area contributed by atoms with E-state index in [0.717, 1.165) is 19.3 Å². The lowest BCUT2D eigenvalue weighted by Gasteiger charge is -2.13. The quantitative estimate of drug-likeness (QED) is 0.824. The first-order valence-electron chi connectivity index (χ1n) is 5.69. The van der Waals surface area contributed by atoms with Crippen molar-refractivity contribution in [3.05, 3.63) is 35.9 Å². The zero-order valence-electron chi connectivity index (χ0n) is 9.10. The Hall–Kier alpha value is -0.860. The maximum Gasteiger partial charge on any atom is 0.0855 e. The lowest BCUT2D eigenvalue weighted by Crippen LogP contribution is -2.19. The number of hydrogen-bond acceptors (Lipinski definition) is 2. The SMILES string of the molecule is CCCC1OC(c2ccccc2)C[C@H]1O. The minimum absolute atomic E-state index is 0.0280. The summed E-state index contributed by atoms with van der Waals surface area (Å²) in [5.41, 5.74) is 1.18. The van der Waals surface area contributed by atoms with E-state index in [1.165, 1.54) is 5.56 Å². The molecular formula is C13H18O2. The van der Waals surface area contributed by atoms with Crippen LogP contribution in [0.3, 0.4) is 0 Å². The number of ether oxygens (including phenoxy) is 1. The maximum absolute atomic E-state index is 9.83. The van der Waals surface area contributed by atoms with E-state index in [9.17, 15) is 5.11 Å². The van der Waals surface area contributed by atoms with Crippen LogP contribution in [0.25, 0.3) is 0 Å². The molecule has 0 radical (unpaired) electrons. The first kappa shape index (κ1) is 10.7. The number of aliphatic hydroxyl groups is 1. The zero-order valence-corrected chi connectivity index (χ0v) is 9.10. The molecule has 2 nitrogen and oxygen atoms in total. The van der Waals surface area contributed by atoms with Crippen molar-refractivity contribution in [1.82, 2.24) is 0 Å². The molecule has 2 heteroatoms. The van der Waals surface area contributed by atoms with Gasteiger partial charge >= 0.3 is 0 Å². The smallest absolute Gasteiger partial charge is 0.0855 e. The van der Waals surface area contributed by atoms with Crippen LogP contribution in [0.2, 0.25) is 0 Å². The van der Waals surface area contributed by atoms with Gasteiger partial charge in [-0.25, -0.2) is 0 Å². The van der Waals surface area contributed by atoms with Crippen molar-refractivity contribution in [2.24, 2.45) is 0 Å². The van der Waals surface area contributed by atoms with Gasteiger partial charge in [0.25, 0.3) is 0 Å². The van der Waals surface area contributed by atoms with E-state index in [0.29, 0.717) is 0 Å². The highest BCUT2D eigenvalue weighted by Crippen LogP contribution is 2.34. The molecule has 1 aliphatic heterocycles. The average Bonchev–Trinajstić information content (AvgIpc) is 2.63. The number of hydrogen-bond donors (Lipinski definition) is 1. The van der Waals surface area contributed by atoms with E-state index < -0.39 is 0 Å². The van der Waals surface area contributed by atoms with Gasteiger partial charge in [-0.2, -0.15) is 0 Å². The van der Waals surface area contributed by atoms with Gasteiger partial charge in [-0.05, 0) is 12.0 Å². The lowest BCUT2D eigenvalue weighted by atomic mass is 10.0. The molecule has 1 aromatic carbocycles. The van der Waals surface area contributed by atoms with Crippen LogP contribution >= 0.6 is 0 Å². The first-order valence-corrected chi connectivity index (χ1v) is 5.69. The highest BCUT2D eigenvalue weighted by molar-refractivity contribution is 5.18. The summed E-state index contributed by atoms with van der Waals surface area (Å²) < 4.78 is 5.85. The van der Waals surface area contributed by atoms with Crippen molar-refractivity contribution in [2.75, 3.05) is 0 Å². The summed E-state index contributed by atoms with van der Waals surface area (Å²) >= 11 is 0. The monoisotopic (exact) mass is 206 g/mol. The van der Waals surface area contributed by atoms with Crippen LogP contribution in [-0.4, -0.2) is 17.3 Å². The van der Waals surface area contributed by atoms with Gasteiger partial charge in [0.1, 0.15) is 0 Å². The molecule has 2 unspecified atom stereocenters. The molecule has 0 saturated carbocycles. The average molecular weight is 206 g/mol. The topological polar surface area (TPSA) is 29.5 Å². The van der Waals surface area contributed by atoms with E-state index >= 15 is 0 Å². The second-order valence-corrected chi connectivity index (χ2v) is 4.17. The third-order valence-electron chi connectivity index (χ3n) is 2.97. The van der Waals surface area contributed by atoms with Crippen LogP contribution in [0, 0.1) is 0 Å². The summed E-state index contributed by atoms with van der Waals surface area (Å²) in [4.78, 5) is 0. The molecule has 1 heterocycles. The summed E-state index contributed by atoms with van der Waals surface area (Å²) in [6.07, 6.45) is 2.55. The number of benzene rings is 1. The fraction of sp³-hybridized carbons (Fsp3) is 0.538. The Kier molecular flexibility index (Phi) is 3.39. The summed E-state index contributed by atoms with van der Waals surface area (Å²) in [5.74, 6) is 0. The van der Waals surface area contributed by atoms with Crippen LogP contribution in [0.1, 0.15) is 37.9 Å². The standard InChI is InChI=1S/C13H18O2/c1-2-6-12-11(14)9-13(15-12)10-7-4-3-5-8-10/h3-5,7-8,11-14H,2,6,9H2,1H3/t11-,12?,13?/m1/s1. The Bertz CT molecular complexity index is 297. The minimum Gasteiger partial charge on any atom is -0.390 e. The molecule has 1 fully saturated rings. The Morgan fingerprint density at radius 3 is 2.73 bits per heavy atom. The molecule has 0 aromatic heterocycles. The van der Waals surface area contributed by atoms with Gasteiger partial charge in [-0.15, -0.1) is 0 Å². The van der Waals surface area contributed by atoms with Crippen molar-refractivity contribution < 1.29 is 9.84 Å². The van der Waals surface area contributed by atoms with Gasteiger partial charge in [0.15, 0.2) is 0 Å². The molecule has 0 aliphatic carbocycles. The molecule has 1 N–H and O–H groups in total. The molecule has 1 saturated heterocycles. The first-order chi connectivity index (χ1) is 7.31. The molecule has 0 amide bonds. The Morgan fingerprint density at radius 1 is 1.33 bits per heavy atom. The summed E-state index contributed by atoms with van der Waals surface area (Å²) in [5, 5.41) is 9.83. The molecular weight excluding hydrogens is 188 g/mol. The highest BCUT2D eigenvalue weighted by Gasteiger charge is 2.33. The second kappa shape index (κ2) is 4.77. The summed E-state index contributed by atoms with van der Waals surface area (Å²) in [6.45, 7) is 2.12. The molecule has 3 atom stereocenters. The van der Waals surface area contributed by atoms with E-state index in [-0.39, 0.29) is 18.3 Å². The maximum atomic E-state index is 9.83. The Labute approximate surface area is 90.9 Å². The van der Waals surface area contributed by atoms with Gasteiger partial charge in [0.05, 0.1) is 18.3 Å². The minimum atomic E-state index is -0.296. The van der Waals surface area contributed by atoms with Crippen molar-refractivity contribution in [3.8, 4) is 0 Å². The van der Waals surface area contributed by atoms with Crippen molar-refractivity contribution in [2.45, 2.75) is 44.5 Å². The highest BCUT2D eigenvalue weighted by atomic mass is 16.5. The molecule has 1 aromatic rings. The van der Waals surface area contributed by atoms with Crippen molar-refractivity contribution in [3.63, 3.8) is 0 Å². The molecule has 15 heavy (non-hydrogen) atoms. The molecule has 82 valence electrons. The fourth-order valence-corrected chi connectivity index (χ4v) is 2.16. The number of rotatable bonds is 3. The Morgan fingerprint density at radius 2 is 2.07 bits per heavy atom. The molecule has 0 bridgehead atoms. The van der Waals surface area contributed by atoms with Crippen LogP contribution in [0.5, 0.6) is 0 Å². The summed E-state index contributed by atoms with van der Waals surface area (Å²) in [7, 11) is 0. The fourth-order valence-electron chi connectivity index (χ4n) is 2.16. The van der Waals surface area contributed by atoms with Crippen molar-refractivity contribution >= 4 is 0 Å². The molecule has 0 spiro atoms. The summed E-state index contributed by atoms with van der Waals surface area (Å²) in [6, 6.07) is 10.1. The van der Waals surface area contributed by atoms with E-state index in [1.54, 1.807) is 0 Å². The van der Waals surface area contributed by atoms with Crippen LogP contribution in [0.15, 0.2) is 30.3 Å². The van der Waals surface area contributed by atoms with Gasteiger partial charge in [0.2, 0.25) is 0 Å². The van der Waals surface area contributed by atoms with E-state index in [4.69, 9.17) is 4.74 Å². The van der Waals surface area contributed by atoms with Gasteiger partial charge in [-0.3, -0.25) is 0 Å². The van der Waals surface area contributed by atoms with E-state index in [2.05, 4.69) is 19.1 Å². The van der Waals surface area contributed by atoms with Crippen LogP contribution < -0.4 is 0 Å².